The van der Waals surface area contributed by atoms with E-state index in [2.05, 4.69) is 15.6 Å². The fourth-order valence-electron chi connectivity index (χ4n) is 2.63. The van der Waals surface area contributed by atoms with Gasteiger partial charge in [-0.05, 0) is 30.3 Å². The molecule has 8 heteroatoms. The highest BCUT2D eigenvalue weighted by Crippen LogP contribution is 2.27. The zero-order valence-corrected chi connectivity index (χ0v) is 15.0. The molecule has 0 fully saturated rings. The Morgan fingerprint density at radius 1 is 1.31 bits per heavy atom. The molecule has 2 aromatic carbocycles. The van der Waals surface area contributed by atoms with Crippen LogP contribution in [0.1, 0.15) is 0 Å². The molecule has 3 aromatic rings. The minimum absolute atomic E-state index is 0.0280. The Balaban J connectivity index is 1.81. The first-order valence-corrected chi connectivity index (χ1v) is 8.43. The molecule has 0 saturated carbocycles. The summed E-state index contributed by atoms with van der Waals surface area (Å²) in [4.78, 5) is 17.0. The normalized spacial score (nSPS) is 10.7. The van der Waals surface area contributed by atoms with Crippen LogP contribution < -0.4 is 15.4 Å². The number of anilines is 2. The molecular weight excluding hydrogens is 356 g/mol. The lowest BCUT2D eigenvalue weighted by atomic mass is 10.3. The van der Waals surface area contributed by atoms with Gasteiger partial charge in [0.05, 0.1) is 29.8 Å². The molecule has 0 spiro atoms. The fraction of sp³-hybridized carbons (Fsp3) is 0.222. The van der Waals surface area contributed by atoms with Crippen molar-refractivity contribution in [3.8, 4) is 5.75 Å². The van der Waals surface area contributed by atoms with E-state index in [1.807, 2.05) is 24.3 Å². The van der Waals surface area contributed by atoms with Crippen molar-refractivity contribution >= 4 is 40.2 Å². The van der Waals surface area contributed by atoms with Crippen LogP contribution in [0.25, 0.3) is 11.0 Å². The van der Waals surface area contributed by atoms with Crippen LogP contribution in [0.2, 0.25) is 5.02 Å². The van der Waals surface area contributed by atoms with Crippen LogP contribution in [0.15, 0.2) is 42.5 Å². The molecule has 1 amide bonds. The molecule has 0 saturated heterocycles. The van der Waals surface area contributed by atoms with Gasteiger partial charge in [0.2, 0.25) is 11.9 Å². The van der Waals surface area contributed by atoms with Gasteiger partial charge in [-0.15, -0.1) is 0 Å². The van der Waals surface area contributed by atoms with Gasteiger partial charge in [0.15, 0.2) is 0 Å². The highest BCUT2D eigenvalue weighted by molar-refractivity contribution is 6.32. The smallest absolute Gasteiger partial charge is 0.244 e. The van der Waals surface area contributed by atoms with Crippen molar-refractivity contribution in [2.75, 3.05) is 30.9 Å². The zero-order valence-electron chi connectivity index (χ0n) is 14.2. The number of imidazole rings is 1. The summed E-state index contributed by atoms with van der Waals surface area (Å²) in [5, 5.41) is 15.3. The first-order valence-electron chi connectivity index (χ1n) is 8.05. The molecule has 0 unspecified atom stereocenters. The topological polar surface area (TPSA) is 88.4 Å². The number of rotatable bonds is 7. The number of hydrogen-bond donors (Lipinski definition) is 3. The van der Waals surface area contributed by atoms with E-state index in [0.717, 1.165) is 11.0 Å². The molecule has 0 aliphatic rings. The maximum absolute atomic E-state index is 12.5. The number of para-hydroxylation sites is 2. The van der Waals surface area contributed by atoms with E-state index < -0.39 is 0 Å². The summed E-state index contributed by atoms with van der Waals surface area (Å²) in [6.45, 7) is 0.386. The summed E-state index contributed by atoms with van der Waals surface area (Å²) in [7, 11) is 1.53. The molecule has 3 N–H and O–H groups in total. The Hall–Kier alpha value is -2.77. The SMILES string of the molecule is COc1ccc(NC(=O)Cn2c(NCCO)nc3ccccc32)cc1Cl. The predicted molar refractivity (Wildman–Crippen MR) is 102 cm³/mol. The van der Waals surface area contributed by atoms with Crippen LogP contribution in [0, 0.1) is 0 Å². The lowest BCUT2D eigenvalue weighted by Gasteiger charge is -2.11. The Labute approximate surface area is 155 Å². The van der Waals surface area contributed by atoms with Gasteiger partial charge in [0.25, 0.3) is 0 Å². The fourth-order valence-corrected chi connectivity index (χ4v) is 2.88. The number of amides is 1. The molecule has 136 valence electrons. The number of nitrogens with one attached hydrogen (secondary N) is 2. The van der Waals surface area contributed by atoms with Crippen molar-refractivity contribution < 1.29 is 14.6 Å². The molecule has 1 aromatic heterocycles. The van der Waals surface area contributed by atoms with E-state index in [-0.39, 0.29) is 19.1 Å². The second kappa shape index (κ2) is 8.07. The van der Waals surface area contributed by atoms with Gasteiger partial charge in [-0.2, -0.15) is 0 Å². The summed E-state index contributed by atoms with van der Waals surface area (Å²) in [5.74, 6) is 0.852. The lowest BCUT2D eigenvalue weighted by Crippen LogP contribution is -2.21. The first kappa shape index (κ1) is 18.0. The van der Waals surface area contributed by atoms with Crippen molar-refractivity contribution in [3.63, 3.8) is 0 Å². The monoisotopic (exact) mass is 374 g/mol. The van der Waals surface area contributed by atoms with E-state index in [1.165, 1.54) is 7.11 Å². The minimum Gasteiger partial charge on any atom is -0.495 e. The van der Waals surface area contributed by atoms with E-state index in [4.69, 9.17) is 21.4 Å². The van der Waals surface area contributed by atoms with Crippen LogP contribution in [-0.4, -0.2) is 40.8 Å². The summed E-state index contributed by atoms with van der Waals surface area (Å²) in [6.07, 6.45) is 0. The Bertz CT molecular complexity index is 926. The number of aliphatic hydroxyl groups excluding tert-OH is 1. The highest BCUT2D eigenvalue weighted by atomic mass is 35.5. The van der Waals surface area contributed by atoms with E-state index >= 15 is 0 Å². The average Bonchev–Trinajstić information content (AvgIpc) is 2.97. The Kier molecular flexibility index (Phi) is 5.60. The number of carbonyl (C=O) groups is 1. The molecule has 0 bridgehead atoms. The van der Waals surface area contributed by atoms with E-state index in [9.17, 15) is 4.79 Å². The number of hydrogen-bond acceptors (Lipinski definition) is 5. The molecular formula is C18H19ClN4O3. The number of fused-ring (bicyclic) bond motifs is 1. The predicted octanol–water partition coefficient (Wildman–Crippen LogP) is 2.74. The maximum atomic E-state index is 12.5. The van der Waals surface area contributed by atoms with Crippen molar-refractivity contribution in [1.29, 1.82) is 0 Å². The van der Waals surface area contributed by atoms with E-state index in [0.29, 0.717) is 29.0 Å². The van der Waals surface area contributed by atoms with E-state index in [1.54, 1.807) is 22.8 Å². The van der Waals surface area contributed by atoms with Crippen LogP contribution in [0.3, 0.4) is 0 Å². The summed E-state index contributed by atoms with van der Waals surface area (Å²) >= 11 is 6.09. The first-order chi connectivity index (χ1) is 12.6. The van der Waals surface area contributed by atoms with Crippen molar-refractivity contribution in [3.05, 3.63) is 47.5 Å². The van der Waals surface area contributed by atoms with Gasteiger partial charge in [-0.3, -0.25) is 4.79 Å². The molecule has 26 heavy (non-hydrogen) atoms. The van der Waals surface area contributed by atoms with Crippen LogP contribution >= 0.6 is 11.6 Å². The summed E-state index contributed by atoms with van der Waals surface area (Å²) < 4.78 is 6.88. The average molecular weight is 375 g/mol. The molecule has 1 heterocycles. The van der Waals surface area contributed by atoms with Gasteiger partial charge in [-0.25, -0.2) is 4.98 Å². The lowest BCUT2D eigenvalue weighted by molar-refractivity contribution is -0.116. The molecule has 3 rings (SSSR count). The number of aromatic nitrogens is 2. The number of carbonyl (C=O) groups excluding carboxylic acids is 1. The second-order valence-electron chi connectivity index (χ2n) is 5.56. The Morgan fingerprint density at radius 3 is 2.85 bits per heavy atom. The van der Waals surface area contributed by atoms with Crippen molar-refractivity contribution in [2.24, 2.45) is 0 Å². The molecule has 0 radical (unpaired) electrons. The summed E-state index contributed by atoms with van der Waals surface area (Å²) in [6, 6.07) is 12.6. The van der Waals surface area contributed by atoms with Crippen LogP contribution in [-0.2, 0) is 11.3 Å². The number of nitrogens with zero attached hydrogens (tertiary/aromatic N) is 2. The van der Waals surface area contributed by atoms with Crippen molar-refractivity contribution in [1.82, 2.24) is 9.55 Å². The maximum Gasteiger partial charge on any atom is 0.244 e. The minimum atomic E-state index is -0.221. The van der Waals surface area contributed by atoms with Gasteiger partial charge >= 0.3 is 0 Å². The van der Waals surface area contributed by atoms with Gasteiger partial charge in [0.1, 0.15) is 12.3 Å². The zero-order chi connectivity index (χ0) is 18.5. The number of halogens is 1. The van der Waals surface area contributed by atoms with Gasteiger partial charge in [0, 0.05) is 12.2 Å². The third-order valence-electron chi connectivity index (χ3n) is 3.79. The molecule has 7 nitrogen and oxygen atoms in total. The quantitative estimate of drug-likeness (QED) is 0.591. The summed E-state index contributed by atoms with van der Waals surface area (Å²) in [5.41, 5.74) is 2.18. The molecule has 0 aliphatic heterocycles. The number of aliphatic hydroxyl groups is 1. The number of benzene rings is 2. The van der Waals surface area contributed by atoms with Crippen molar-refractivity contribution in [2.45, 2.75) is 6.54 Å². The highest BCUT2D eigenvalue weighted by Gasteiger charge is 2.14. The number of methoxy groups -OCH3 is 1. The second-order valence-corrected chi connectivity index (χ2v) is 5.97. The van der Waals surface area contributed by atoms with Crippen LogP contribution in [0.4, 0.5) is 11.6 Å². The Morgan fingerprint density at radius 2 is 2.12 bits per heavy atom. The third-order valence-corrected chi connectivity index (χ3v) is 4.08. The largest absolute Gasteiger partial charge is 0.495 e. The molecule has 0 aliphatic carbocycles. The van der Waals surface area contributed by atoms with Gasteiger partial charge in [-0.1, -0.05) is 23.7 Å². The third kappa shape index (κ3) is 3.89. The van der Waals surface area contributed by atoms with Gasteiger partial charge < -0.3 is 25.0 Å². The number of ether oxygens (including phenoxy) is 1. The van der Waals surface area contributed by atoms with Crippen LogP contribution in [0.5, 0.6) is 5.75 Å². The molecule has 0 atom stereocenters. The standard InChI is InChI=1S/C18H19ClN4O3/c1-26-16-7-6-12(10-13(16)19)21-17(25)11-23-15-5-3-2-4-14(15)22-18(23)20-8-9-24/h2-7,10,24H,8-9,11H2,1H3,(H,20,22)(H,21,25).